The highest BCUT2D eigenvalue weighted by Crippen LogP contribution is 2.24. The standard InChI is InChI=1S/C17H32O6/c1-13(9-19-10-15-12-21-17(4,5)23-15)8-18-7-6-14-11-20-16(2,3)22-14/h13-15H,6-12H2,1-5H3. The Labute approximate surface area is 139 Å². The summed E-state index contributed by atoms with van der Waals surface area (Å²) in [4.78, 5) is 0. The van der Waals surface area contributed by atoms with E-state index in [0.29, 0.717) is 45.6 Å². The molecule has 0 bridgehead atoms. The molecule has 6 nitrogen and oxygen atoms in total. The van der Waals surface area contributed by atoms with Crippen molar-refractivity contribution in [3.8, 4) is 0 Å². The molecule has 0 N–H and O–H groups in total. The maximum absolute atomic E-state index is 5.74. The number of hydrogen-bond acceptors (Lipinski definition) is 6. The van der Waals surface area contributed by atoms with Crippen LogP contribution in [-0.2, 0) is 28.4 Å². The minimum absolute atomic E-state index is 0.0287. The van der Waals surface area contributed by atoms with Crippen molar-refractivity contribution in [2.24, 2.45) is 5.92 Å². The van der Waals surface area contributed by atoms with E-state index in [1.807, 2.05) is 27.7 Å². The molecule has 0 aliphatic carbocycles. The summed E-state index contributed by atoms with van der Waals surface area (Å²) in [5, 5.41) is 0. The van der Waals surface area contributed by atoms with Crippen molar-refractivity contribution in [2.75, 3.05) is 39.6 Å². The lowest BCUT2D eigenvalue weighted by Crippen LogP contribution is -2.25. The first-order chi connectivity index (χ1) is 10.8. The molecule has 0 aromatic heterocycles. The van der Waals surface area contributed by atoms with Crippen LogP contribution in [0, 0.1) is 5.92 Å². The summed E-state index contributed by atoms with van der Waals surface area (Å²) in [6.45, 7) is 13.7. The minimum Gasteiger partial charge on any atom is -0.381 e. The summed E-state index contributed by atoms with van der Waals surface area (Å²) in [6.07, 6.45) is 1.03. The Morgan fingerprint density at radius 3 is 2.04 bits per heavy atom. The summed E-state index contributed by atoms with van der Waals surface area (Å²) < 4.78 is 33.9. The molecule has 0 aromatic carbocycles. The van der Waals surface area contributed by atoms with Crippen LogP contribution in [0.25, 0.3) is 0 Å². The minimum atomic E-state index is -0.483. The van der Waals surface area contributed by atoms with Gasteiger partial charge in [-0.3, -0.25) is 0 Å². The van der Waals surface area contributed by atoms with Gasteiger partial charge in [0.05, 0.1) is 39.1 Å². The van der Waals surface area contributed by atoms with Crippen LogP contribution < -0.4 is 0 Å². The average molecular weight is 332 g/mol. The Bertz CT molecular complexity index is 357. The van der Waals surface area contributed by atoms with Crippen LogP contribution >= 0.6 is 0 Å². The second-order valence-corrected chi connectivity index (χ2v) is 7.41. The van der Waals surface area contributed by atoms with Gasteiger partial charge in [-0.1, -0.05) is 6.92 Å². The molecule has 0 amide bonds. The van der Waals surface area contributed by atoms with E-state index in [0.717, 1.165) is 6.42 Å². The highest BCUT2D eigenvalue weighted by atomic mass is 16.8. The zero-order valence-electron chi connectivity index (χ0n) is 15.1. The largest absolute Gasteiger partial charge is 0.381 e. The van der Waals surface area contributed by atoms with Crippen molar-refractivity contribution in [3.05, 3.63) is 0 Å². The van der Waals surface area contributed by atoms with E-state index in [1.165, 1.54) is 0 Å². The first kappa shape index (κ1) is 19.1. The molecular weight excluding hydrogens is 300 g/mol. The maximum atomic E-state index is 5.74. The molecule has 136 valence electrons. The lowest BCUT2D eigenvalue weighted by Gasteiger charge is -2.18. The molecule has 2 fully saturated rings. The molecule has 0 saturated carbocycles. The van der Waals surface area contributed by atoms with Crippen LogP contribution in [0.1, 0.15) is 41.0 Å². The molecule has 0 spiro atoms. The van der Waals surface area contributed by atoms with Gasteiger partial charge in [-0.2, -0.15) is 0 Å². The van der Waals surface area contributed by atoms with E-state index >= 15 is 0 Å². The van der Waals surface area contributed by atoms with E-state index in [9.17, 15) is 0 Å². The second-order valence-electron chi connectivity index (χ2n) is 7.41. The van der Waals surface area contributed by atoms with Crippen molar-refractivity contribution < 1.29 is 28.4 Å². The normalized spacial score (nSPS) is 30.7. The average Bonchev–Trinajstić information content (AvgIpc) is 2.97. The molecule has 2 heterocycles. The summed E-state index contributed by atoms with van der Waals surface area (Å²) in [7, 11) is 0. The molecule has 3 atom stereocenters. The number of ether oxygens (including phenoxy) is 6. The zero-order chi connectivity index (χ0) is 16.9. The Morgan fingerprint density at radius 2 is 1.48 bits per heavy atom. The van der Waals surface area contributed by atoms with Crippen LogP contribution in [0.2, 0.25) is 0 Å². The predicted octanol–water partition coefficient (Wildman–Crippen LogP) is 2.35. The molecule has 2 aliphatic heterocycles. The number of hydrogen-bond donors (Lipinski definition) is 0. The molecule has 23 heavy (non-hydrogen) atoms. The molecule has 2 saturated heterocycles. The van der Waals surface area contributed by atoms with Gasteiger partial charge >= 0.3 is 0 Å². The first-order valence-corrected chi connectivity index (χ1v) is 8.55. The fourth-order valence-corrected chi connectivity index (χ4v) is 2.70. The van der Waals surface area contributed by atoms with E-state index in [4.69, 9.17) is 28.4 Å². The van der Waals surface area contributed by atoms with Crippen LogP contribution in [0.3, 0.4) is 0 Å². The van der Waals surface area contributed by atoms with Crippen molar-refractivity contribution in [1.82, 2.24) is 0 Å². The highest BCUT2D eigenvalue weighted by Gasteiger charge is 2.33. The lowest BCUT2D eigenvalue weighted by molar-refractivity contribution is -0.146. The van der Waals surface area contributed by atoms with Gasteiger partial charge < -0.3 is 28.4 Å². The molecule has 0 aromatic rings. The quantitative estimate of drug-likeness (QED) is 0.604. The monoisotopic (exact) mass is 332 g/mol. The summed E-state index contributed by atoms with van der Waals surface area (Å²) in [6, 6.07) is 0. The van der Waals surface area contributed by atoms with Crippen molar-refractivity contribution in [3.63, 3.8) is 0 Å². The summed E-state index contributed by atoms with van der Waals surface area (Å²) in [5.74, 6) is -0.585. The third-order valence-electron chi connectivity index (χ3n) is 3.83. The Hall–Kier alpha value is -0.240. The predicted molar refractivity (Wildman–Crippen MR) is 85.2 cm³/mol. The van der Waals surface area contributed by atoms with E-state index in [2.05, 4.69) is 6.92 Å². The molecule has 6 heteroatoms. The first-order valence-electron chi connectivity index (χ1n) is 8.55. The molecule has 0 radical (unpaired) electrons. The van der Waals surface area contributed by atoms with Gasteiger partial charge in [0.2, 0.25) is 0 Å². The Balaban J connectivity index is 1.45. The van der Waals surface area contributed by atoms with E-state index in [-0.39, 0.29) is 12.2 Å². The Kier molecular flexibility index (Phi) is 6.83. The topological polar surface area (TPSA) is 55.4 Å². The molecule has 2 rings (SSSR count). The second kappa shape index (κ2) is 8.23. The van der Waals surface area contributed by atoms with Gasteiger partial charge in [0.1, 0.15) is 6.10 Å². The van der Waals surface area contributed by atoms with E-state index < -0.39 is 11.6 Å². The van der Waals surface area contributed by atoms with Crippen LogP contribution in [-0.4, -0.2) is 63.4 Å². The summed E-state index contributed by atoms with van der Waals surface area (Å²) >= 11 is 0. The van der Waals surface area contributed by atoms with Crippen molar-refractivity contribution >= 4 is 0 Å². The van der Waals surface area contributed by atoms with Gasteiger partial charge in [0, 0.05) is 12.5 Å². The zero-order valence-corrected chi connectivity index (χ0v) is 15.1. The van der Waals surface area contributed by atoms with Crippen molar-refractivity contribution in [1.29, 1.82) is 0 Å². The van der Waals surface area contributed by atoms with E-state index in [1.54, 1.807) is 0 Å². The van der Waals surface area contributed by atoms with Crippen molar-refractivity contribution in [2.45, 2.75) is 64.8 Å². The fourth-order valence-electron chi connectivity index (χ4n) is 2.70. The smallest absolute Gasteiger partial charge is 0.163 e. The molecular formula is C17H32O6. The van der Waals surface area contributed by atoms with Crippen LogP contribution in [0.15, 0.2) is 0 Å². The molecule has 3 unspecified atom stereocenters. The third kappa shape index (κ3) is 7.03. The SMILES string of the molecule is CC(COCCC1COC(C)(C)O1)COCC1COC(C)(C)O1. The maximum Gasteiger partial charge on any atom is 0.163 e. The Morgan fingerprint density at radius 1 is 0.913 bits per heavy atom. The highest BCUT2D eigenvalue weighted by molar-refractivity contribution is 4.71. The van der Waals surface area contributed by atoms with Gasteiger partial charge in [-0.25, -0.2) is 0 Å². The van der Waals surface area contributed by atoms with Gasteiger partial charge in [-0.05, 0) is 34.1 Å². The lowest BCUT2D eigenvalue weighted by atomic mass is 10.2. The van der Waals surface area contributed by atoms with Gasteiger partial charge in [0.25, 0.3) is 0 Å². The van der Waals surface area contributed by atoms with Crippen LogP contribution in [0.5, 0.6) is 0 Å². The molecule has 2 aliphatic rings. The number of rotatable bonds is 9. The van der Waals surface area contributed by atoms with Crippen LogP contribution in [0.4, 0.5) is 0 Å². The van der Waals surface area contributed by atoms with Gasteiger partial charge in [-0.15, -0.1) is 0 Å². The summed E-state index contributed by atoms with van der Waals surface area (Å²) in [5.41, 5.74) is 0. The fraction of sp³-hybridized carbons (Fsp3) is 1.00. The van der Waals surface area contributed by atoms with Gasteiger partial charge in [0.15, 0.2) is 11.6 Å². The third-order valence-corrected chi connectivity index (χ3v) is 3.83.